The summed E-state index contributed by atoms with van der Waals surface area (Å²) in [6, 6.07) is 5.56. The topological polar surface area (TPSA) is 83.6 Å². The fraction of sp³-hybridized carbons (Fsp3) is 0.389. The SMILES string of the molecule is O=C(CNC(=O)c1cc2ccc(F)cc2nc1Cl)NCCN1CCOCC1. The second-order valence-corrected chi connectivity index (χ2v) is 6.51. The van der Waals surface area contributed by atoms with Gasteiger partial charge in [0.15, 0.2) is 0 Å². The van der Waals surface area contributed by atoms with Crippen molar-refractivity contribution in [3.05, 3.63) is 40.8 Å². The van der Waals surface area contributed by atoms with Gasteiger partial charge in [0.2, 0.25) is 5.91 Å². The molecule has 7 nitrogen and oxygen atoms in total. The van der Waals surface area contributed by atoms with Gasteiger partial charge in [-0.15, -0.1) is 0 Å². The predicted molar refractivity (Wildman–Crippen MR) is 99.3 cm³/mol. The van der Waals surface area contributed by atoms with Crippen LogP contribution in [0.4, 0.5) is 4.39 Å². The minimum Gasteiger partial charge on any atom is -0.379 e. The molecule has 2 N–H and O–H groups in total. The summed E-state index contributed by atoms with van der Waals surface area (Å²) in [5, 5.41) is 5.82. The van der Waals surface area contributed by atoms with Gasteiger partial charge in [-0.05, 0) is 18.2 Å². The molecule has 1 aliphatic heterocycles. The molecule has 0 aliphatic carbocycles. The molecule has 1 aromatic heterocycles. The van der Waals surface area contributed by atoms with Crippen molar-refractivity contribution in [3.8, 4) is 0 Å². The summed E-state index contributed by atoms with van der Waals surface area (Å²) in [6.45, 7) is 4.18. The largest absolute Gasteiger partial charge is 0.379 e. The predicted octanol–water partition coefficient (Wildman–Crippen LogP) is 1.21. The summed E-state index contributed by atoms with van der Waals surface area (Å²) < 4.78 is 18.5. The first kappa shape index (κ1) is 19.5. The molecule has 0 atom stereocenters. The van der Waals surface area contributed by atoms with E-state index >= 15 is 0 Å². The molecule has 2 amide bonds. The van der Waals surface area contributed by atoms with E-state index in [1.807, 2.05) is 0 Å². The smallest absolute Gasteiger partial charge is 0.254 e. The van der Waals surface area contributed by atoms with E-state index in [0.29, 0.717) is 30.7 Å². The van der Waals surface area contributed by atoms with Gasteiger partial charge in [0.25, 0.3) is 5.91 Å². The highest BCUT2D eigenvalue weighted by Crippen LogP contribution is 2.21. The van der Waals surface area contributed by atoms with Crippen molar-refractivity contribution in [1.29, 1.82) is 0 Å². The van der Waals surface area contributed by atoms with Gasteiger partial charge in [-0.2, -0.15) is 0 Å². The Bertz CT molecular complexity index is 843. The zero-order valence-corrected chi connectivity index (χ0v) is 15.4. The Morgan fingerprint density at radius 2 is 2.00 bits per heavy atom. The monoisotopic (exact) mass is 394 g/mol. The molecule has 2 aromatic rings. The Hall–Kier alpha value is -2.29. The molecule has 1 aliphatic rings. The first-order chi connectivity index (χ1) is 13.0. The Morgan fingerprint density at radius 1 is 1.22 bits per heavy atom. The summed E-state index contributed by atoms with van der Waals surface area (Å²) in [6.07, 6.45) is 0. The lowest BCUT2D eigenvalue weighted by Gasteiger charge is -2.26. The van der Waals surface area contributed by atoms with Crippen LogP contribution in [0.15, 0.2) is 24.3 Å². The molecule has 27 heavy (non-hydrogen) atoms. The van der Waals surface area contributed by atoms with Crippen molar-refractivity contribution in [2.45, 2.75) is 0 Å². The number of rotatable bonds is 6. The first-order valence-electron chi connectivity index (χ1n) is 8.64. The van der Waals surface area contributed by atoms with E-state index in [4.69, 9.17) is 16.3 Å². The lowest BCUT2D eigenvalue weighted by atomic mass is 10.1. The molecule has 9 heteroatoms. The normalized spacial score (nSPS) is 14.9. The van der Waals surface area contributed by atoms with Crippen LogP contribution in [0.5, 0.6) is 0 Å². The highest BCUT2D eigenvalue weighted by atomic mass is 35.5. The maximum Gasteiger partial charge on any atom is 0.254 e. The summed E-state index contributed by atoms with van der Waals surface area (Å²) in [4.78, 5) is 30.4. The summed E-state index contributed by atoms with van der Waals surface area (Å²) in [5.74, 6) is -1.23. The number of carbonyl (C=O) groups excluding carboxylic acids is 2. The van der Waals surface area contributed by atoms with Crippen LogP contribution in [0, 0.1) is 5.82 Å². The van der Waals surface area contributed by atoms with Gasteiger partial charge >= 0.3 is 0 Å². The van der Waals surface area contributed by atoms with Crippen LogP contribution in [0.1, 0.15) is 10.4 Å². The maximum atomic E-state index is 13.2. The number of ether oxygens (including phenoxy) is 1. The summed E-state index contributed by atoms with van der Waals surface area (Å²) >= 11 is 6.02. The van der Waals surface area contributed by atoms with E-state index < -0.39 is 11.7 Å². The molecule has 0 saturated carbocycles. The number of halogens is 2. The Labute approximate surface area is 160 Å². The van der Waals surface area contributed by atoms with E-state index in [9.17, 15) is 14.0 Å². The fourth-order valence-electron chi connectivity index (χ4n) is 2.77. The quantitative estimate of drug-likeness (QED) is 0.719. The van der Waals surface area contributed by atoms with Crippen molar-refractivity contribution < 1.29 is 18.7 Å². The van der Waals surface area contributed by atoms with Crippen molar-refractivity contribution >= 4 is 34.3 Å². The van der Waals surface area contributed by atoms with Crippen molar-refractivity contribution in [2.24, 2.45) is 0 Å². The molecule has 2 heterocycles. The van der Waals surface area contributed by atoms with Crippen LogP contribution in [0.25, 0.3) is 10.9 Å². The Morgan fingerprint density at radius 3 is 2.78 bits per heavy atom. The van der Waals surface area contributed by atoms with Gasteiger partial charge in [-0.25, -0.2) is 9.37 Å². The van der Waals surface area contributed by atoms with Crippen molar-refractivity contribution in [1.82, 2.24) is 20.5 Å². The fourth-order valence-corrected chi connectivity index (χ4v) is 3.00. The third-order valence-corrected chi connectivity index (χ3v) is 4.53. The van der Waals surface area contributed by atoms with Crippen molar-refractivity contribution in [3.63, 3.8) is 0 Å². The highest BCUT2D eigenvalue weighted by molar-refractivity contribution is 6.33. The number of nitrogens with one attached hydrogen (secondary N) is 2. The van der Waals surface area contributed by atoms with Gasteiger partial charge in [0, 0.05) is 37.6 Å². The van der Waals surface area contributed by atoms with Gasteiger partial charge in [0.1, 0.15) is 11.0 Å². The zero-order chi connectivity index (χ0) is 19.2. The second kappa shape index (κ2) is 9.07. The number of fused-ring (bicyclic) bond motifs is 1. The second-order valence-electron chi connectivity index (χ2n) is 6.15. The maximum absolute atomic E-state index is 13.2. The number of benzene rings is 1. The van der Waals surface area contributed by atoms with Crippen LogP contribution >= 0.6 is 11.6 Å². The number of nitrogens with zero attached hydrogens (tertiary/aromatic N) is 2. The third-order valence-electron chi connectivity index (χ3n) is 4.24. The van der Waals surface area contributed by atoms with Crippen LogP contribution < -0.4 is 10.6 Å². The zero-order valence-electron chi connectivity index (χ0n) is 14.6. The van der Waals surface area contributed by atoms with E-state index in [2.05, 4.69) is 20.5 Å². The number of amides is 2. The Kier molecular flexibility index (Phi) is 6.54. The lowest BCUT2D eigenvalue weighted by molar-refractivity contribution is -0.120. The molecule has 1 fully saturated rings. The van der Waals surface area contributed by atoms with E-state index in [1.54, 1.807) is 0 Å². The van der Waals surface area contributed by atoms with E-state index in [0.717, 1.165) is 19.6 Å². The Balaban J connectivity index is 1.49. The summed E-state index contributed by atoms with van der Waals surface area (Å²) in [5.41, 5.74) is 0.495. The average molecular weight is 395 g/mol. The molecular weight excluding hydrogens is 375 g/mol. The number of aromatic nitrogens is 1. The van der Waals surface area contributed by atoms with Crippen LogP contribution in [-0.2, 0) is 9.53 Å². The van der Waals surface area contributed by atoms with Crippen LogP contribution in [0.2, 0.25) is 5.15 Å². The van der Waals surface area contributed by atoms with Gasteiger partial charge in [0.05, 0.1) is 30.8 Å². The summed E-state index contributed by atoms with van der Waals surface area (Å²) in [7, 11) is 0. The van der Waals surface area contributed by atoms with E-state index in [1.165, 1.54) is 24.3 Å². The van der Waals surface area contributed by atoms with E-state index in [-0.39, 0.29) is 23.2 Å². The number of hydrogen-bond donors (Lipinski definition) is 2. The van der Waals surface area contributed by atoms with Crippen LogP contribution in [0.3, 0.4) is 0 Å². The van der Waals surface area contributed by atoms with Gasteiger partial charge < -0.3 is 15.4 Å². The molecule has 0 bridgehead atoms. The minimum atomic E-state index is -0.512. The number of hydrogen-bond acceptors (Lipinski definition) is 5. The molecule has 1 saturated heterocycles. The first-order valence-corrected chi connectivity index (χ1v) is 9.01. The molecule has 0 unspecified atom stereocenters. The molecule has 0 radical (unpaired) electrons. The standard InChI is InChI=1S/C18H20ClFN4O3/c19-17-14(9-12-1-2-13(20)10-15(12)23-17)18(26)22-11-16(25)21-3-4-24-5-7-27-8-6-24/h1-2,9-10H,3-8,11H2,(H,21,25)(H,22,26). The third kappa shape index (κ3) is 5.35. The molecule has 0 spiro atoms. The minimum absolute atomic E-state index is 0.0432. The lowest BCUT2D eigenvalue weighted by Crippen LogP contribution is -2.43. The number of morpholine rings is 1. The van der Waals surface area contributed by atoms with Gasteiger partial charge in [-0.3, -0.25) is 14.5 Å². The number of pyridine rings is 1. The van der Waals surface area contributed by atoms with Gasteiger partial charge in [-0.1, -0.05) is 11.6 Å². The molecule has 1 aromatic carbocycles. The van der Waals surface area contributed by atoms with Crippen LogP contribution in [-0.4, -0.2) is 67.6 Å². The number of carbonyl (C=O) groups is 2. The molecular formula is C18H20ClFN4O3. The molecule has 3 rings (SSSR count). The average Bonchev–Trinajstić information content (AvgIpc) is 2.66. The highest BCUT2D eigenvalue weighted by Gasteiger charge is 2.15. The van der Waals surface area contributed by atoms with Crippen molar-refractivity contribution in [2.75, 3.05) is 45.9 Å². The molecule has 144 valence electrons.